The van der Waals surface area contributed by atoms with Crippen LogP contribution in [0.1, 0.15) is 16.8 Å². The van der Waals surface area contributed by atoms with Crippen LogP contribution in [0.5, 0.6) is 0 Å². The summed E-state index contributed by atoms with van der Waals surface area (Å²) in [6.45, 7) is 0.186. The number of halogens is 1. The van der Waals surface area contributed by atoms with E-state index in [0.717, 1.165) is 5.69 Å². The van der Waals surface area contributed by atoms with Crippen LogP contribution in [0.4, 0.5) is 21.8 Å². The summed E-state index contributed by atoms with van der Waals surface area (Å²) in [6.07, 6.45) is 5.16. The number of nitrogens with one attached hydrogen (secondary N) is 3. The zero-order valence-corrected chi connectivity index (χ0v) is 15.4. The van der Waals surface area contributed by atoms with Gasteiger partial charge in [0, 0.05) is 30.5 Å². The second-order valence-electron chi connectivity index (χ2n) is 6.65. The topological polar surface area (TPSA) is 136 Å². The van der Waals surface area contributed by atoms with Crippen molar-refractivity contribution in [3.63, 3.8) is 0 Å². The number of benzene rings is 1. The van der Waals surface area contributed by atoms with Crippen LogP contribution in [0.25, 0.3) is 5.69 Å². The van der Waals surface area contributed by atoms with Crippen molar-refractivity contribution in [1.82, 2.24) is 30.3 Å². The van der Waals surface area contributed by atoms with Gasteiger partial charge in [0.1, 0.15) is 18.1 Å². The van der Waals surface area contributed by atoms with E-state index in [0.29, 0.717) is 24.6 Å². The van der Waals surface area contributed by atoms with Gasteiger partial charge in [0.15, 0.2) is 0 Å². The molecule has 2 atom stereocenters. The summed E-state index contributed by atoms with van der Waals surface area (Å²) in [7, 11) is 0. The number of hydrogen-bond acceptors (Lipinski definition) is 8. The molecule has 1 aliphatic heterocycles. The summed E-state index contributed by atoms with van der Waals surface area (Å²) in [6, 6.07) is 7.13. The molecule has 1 amide bonds. The second kappa shape index (κ2) is 8.19. The number of amides is 1. The van der Waals surface area contributed by atoms with Gasteiger partial charge in [0.25, 0.3) is 5.91 Å². The SMILES string of the molecule is NC(=O)c1cnc(NC2CNC(CF)C2)nc1Nc1cccc(-n2nccn2)c1. The van der Waals surface area contributed by atoms with Gasteiger partial charge >= 0.3 is 0 Å². The molecule has 5 N–H and O–H groups in total. The van der Waals surface area contributed by atoms with Crippen LogP contribution < -0.4 is 21.7 Å². The van der Waals surface area contributed by atoms with E-state index >= 15 is 0 Å². The number of rotatable bonds is 7. The van der Waals surface area contributed by atoms with Gasteiger partial charge in [0.05, 0.1) is 18.1 Å². The van der Waals surface area contributed by atoms with Crippen molar-refractivity contribution in [1.29, 1.82) is 0 Å². The lowest BCUT2D eigenvalue weighted by atomic mass is 10.2. The Kier molecular flexibility index (Phi) is 5.29. The van der Waals surface area contributed by atoms with Crippen LogP contribution >= 0.6 is 0 Å². The summed E-state index contributed by atoms with van der Waals surface area (Å²) < 4.78 is 12.8. The summed E-state index contributed by atoms with van der Waals surface area (Å²) >= 11 is 0. The van der Waals surface area contributed by atoms with E-state index in [1.807, 2.05) is 24.3 Å². The molecule has 1 aliphatic rings. The van der Waals surface area contributed by atoms with Crippen LogP contribution in [-0.2, 0) is 0 Å². The fraction of sp³-hybridized carbons (Fsp3) is 0.278. The highest BCUT2D eigenvalue weighted by atomic mass is 19.1. The molecule has 1 saturated heterocycles. The monoisotopic (exact) mass is 397 g/mol. The number of aromatic nitrogens is 5. The Hall–Kier alpha value is -3.60. The van der Waals surface area contributed by atoms with Crippen molar-refractivity contribution in [3.05, 3.63) is 48.4 Å². The molecule has 29 heavy (non-hydrogen) atoms. The lowest BCUT2D eigenvalue weighted by molar-refractivity contribution is 0.100. The summed E-state index contributed by atoms with van der Waals surface area (Å²) in [5.74, 6) is -0.0498. The van der Waals surface area contributed by atoms with Gasteiger partial charge in [-0.3, -0.25) is 4.79 Å². The Labute approximate surface area is 165 Å². The van der Waals surface area contributed by atoms with Crippen molar-refractivity contribution < 1.29 is 9.18 Å². The molecular formula is C18H20FN9O. The molecule has 0 radical (unpaired) electrons. The van der Waals surface area contributed by atoms with Gasteiger partial charge in [-0.2, -0.15) is 20.0 Å². The largest absolute Gasteiger partial charge is 0.365 e. The van der Waals surface area contributed by atoms with Gasteiger partial charge in [-0.05, 0) is 24.6 Å². The molecule has 11 heteroatoms. The Balaban J connectivity index is 1.57. The number of nitrogens with zero attached hydrogens (tertiary/aromatic N) is 5. The van der Waals surface area contributed by atoms with Crippen LogP contribution in [0.3, 0.4) is 0 Å². The number of carbonyl (C=O) groups is 1. The fourth-order valence-electron chi connectivity index (χ4n) is 3.15. The molecule has 0 saturated carbocycles. The molecule has 3 heterocycles. The van der Waals surface area contributed by atoms with Crippen molar-refractivity contribution in [2.75, 3.05) is 23.9 Å². The molecule has 0 bridgehead atoms. The number of nitrogens with two attached hydrogens (primary N) is 1. The molecule has 2 unspecified atom stereocenters. The highest BCUT2D eigenvalue weighted by molar-refractivity contribution is 5.98. The van der Waals surface area contributed by atoms with E-state index in [2.05, 4.69) is 36.1 Å². The molecule has 10 nitrogen and oxygen atoms in total. The van der Waals surface area contributed by atoms with Crippen LogP contribution in [0, 0.1) is 0 Å². The predicted molar refractivity (Wildman–Crippen MR) is 105 cm³/mol. The van der Waals surface area contributed by atoms with Gasteiger partial charge in [-0.1, -0.05) is 6.07 Å². The number of hydrogen-bond donors (Lipinski definition) is 4. The first kappa shape index (κ1) is 18.7. The second-order valence-corrected chi connectivity index (χ2v) is 6.65. The van der Waals surface area contributed by atoms with Gasteiger partial charge in [-0.15, -0.1) is 0 Å². The third kappa shape index (κ3) is 4.29. The van der Waals surface area contributed by atoms with Crippen LogP contribution in [0.15, 0.2) is 42.9 Å². The van der Waals surface area contributed by atoms with Gasteiger partial charge in [-0.25, -0.2) is 9.37 Å². The third-order valence-corrected chi connectivity index (χ3v) is 4.55. The third-order valence-electron chi connectivity index (χ3n) is 4.55. The molecule has 2 aromatic heterocycles. The molecule has 150 valence electrons. The number of primary amides is 1. The number of anilines is 3. The molecule has 1 fully saturated rings. The quantitative estimate of drug-likeness (QED) is 0.464. The van der Waals surface area contributed by atoms with Crippen LogP contribution in [-0.4, -0.2) is 56.2 Å². The normalized spacial score (nSPS) is 18.5. The van der Waals surface area contributed by atoms with Gasteiger partial charge < -0.3 is 21.7 Å². The maximum Gasteiger partial charge on any atom is 0.254 e. The van der Waals surface area contributed by atoms with E-state index < -0.39 is 12.6 Å². The minimum atomic E-state index is -0.649. The lowest BCUT2D eigenvalue weighted by Gasteiger charge is -2.15. The number of alkyl halides is 1. The zero-order chi connectivity index (χ0) is 20.2. The molecule has 0 aliphatic carbocycles. The first-order valence-electron chi connectivity index (χ1n) is 9.09. The van der Waals surface area contributed by atoms with Gasteiger partial charge in [0.2, 0.25) is 5.95 Å². The van der Waals surface area contributed by atoms with Crippen molar-refractivity contribution in [2.24, 2.45) is 5.73 Å². The van der Waals surface area contributed by atoms with E-state index in [1.54, 1.807) is 12.4 Å². The minimum Gasteiger partial charge on any atom is -0.365 e. The Morgan fingerprint density at radius 1 is 1.34 bits per heavy atom. The zero-order valence-electron chi connectivity index (χ0n) is 15.4. The van der Waals surface area contributed by atoms with Crippen LogP contribution in [0.2, 0.25) is 0 Å². The highest BCUT2D eigenvalue weighted by Crippen LogP contribution is 2.22. The maximum absolute atomic E-state index is 12.8. The summed E-state index contributed by atoms with van der Waals surface area (Å²) in [4.78, 5) is 21.9. The van der Waals surface area contributed by atoms with Crippen molar-refractivity contribution in [3.8, 4) is 5.69 Å². The minimum absolute atomic E-state index is 0.00255. The first-order valence-corrected chi connectivity index (χ1v) is 9.09. The van der Waals surface area contributed by atoms with E-state index in [-0.39, 0.29) is 23.5 Å². The van der Waals surface area contributed by atoms with Crippen molar-refractivity contribution in [2.45, 2.75) is 18.5 Å². The summed E-state index contributed by atoms with van der Waals surface area (Å²) in [5.41, 5.74) is 7.04. The van der Waals surface area contributed by atoms with Crippen molar-refractivity contribution >= 4 is 23.4 Å². The highest BCUT2D eigenvalue weighted by Gasteiger charge is 2.24. The van der Waals surface area contributed by atoms with E-state index in [9.17, 15) is 9.18 Å². The molecule has 0 spiro atoms. The lowest BCUT2D eigenvalue weighted by Crippen LogP contribution is -2.25. The maximum atomic E-state index is 12.8. The fourth-order valence-corrected chi connectivity index (χ4v) is 3.15. The molecule has 4 rings (SSSR count). The first-order chi connectivity index (χ1) is 14.1. The van der Waals surface area contributed by atoms with E-state index in [1.165, 1.54) is 11.0 Å². The molecule has 3 aromatic rings. The Morgan fingerprint density at radius 3 is 2.90 bits per heavy atom. The average Bonchev–Trinajstić information content (AvgIpc) is 3.40. The van der Waals surface area contributed by atoms with E-state index in [4.69, 9.17) is 5.73 Å². The molecule has 1 aromatic carbocycles. The smallest absolute Gasteiger partial charge is 0.254 e. The molecular weight excluding hydrogens is 377 g/mol. The number of carbonyl (C=O) groups excluding carboxylic acids is 1. The Morgan fingerprint density at radius 2 is 2.17 bits per heavy atom. The average molecular weight is 397 g/mol. The summed E-state index contributed by atoms with van der Waals surface area (Å²) in [5, 5.41) is 17.6. The predicted octanol–water partition coefficient (Wildman–Crippen LogP) is 1.01. The Bertz CT molecular complexity index is 995. The standard InChI is InChI=1S/C18H20FN9O/c19-8-12-6-13(9-21-12)26-18-22-10-15(16(20)29)17(27-18)25-11-2-1-3-14(7-11)28-23-4-5-24-28/h1-5,7,10,12-13,21H,6,8-9H2,(H2,20,29)(H2,22,25,26,27).